The van der Waals surface area contributed by atoms with Gasteiger partial charge in [0.15, 0.2) is 0 Å². The van der Waals surface area contributed by atoms with E-state index in [-0.39, 0.29) is 6.54 Å². The lowest BCUT2D eigenvalue weighted by atomic mass is 10.3. The molecule has 0 atom stereocenters. The Balaban J connectivity index is 1.48. The molecule has 0 saturated carbocycles. The summed E-state index contributed by atoms with van der Waals surface area (Å²) in [6, 6.07) is 9.08. The quantitative estimate of drug-likeness (QED) is 0.704. The number of rotatable bonds is 5. The van der Waals surface area contributed by atoms with Gasteiger partial charge in [-0.1, -0.05) is 6.07 Å². The molecular formula is C16H14N2O4S. The van der Waals surface area contributed by atoms with Gasteiger partial charge in [0.2, 0.25) is 0 Å². The topological polar surface area (TPSA) is 84.5 Å². The molecule has 3 rings (SSSR count). The average molecular weight is 330 g/mol. The van der Waals surface area contributed by atoms with E-state index in [4.69, 9.17) is 8.83 Å². The van der Waals surface area contributed by atoms with Crippen LogP contribution in [0.1, 0.15) is 10.6 Å². The summed E-state index contributed by atoms with van der Waals surface area (Å²) in [5.41, 5.74) is 0.816. The molecule has 0 aliphatic rings. The van der Waals surface area contributed by atoms with Crippen LogP contribution in [-0.2, 0) is 22.7 Å². The maximum atomic E-state index is 11.7. The zero-order valence-electron chi connectivity index (χ0n) is 12.1. The Morgan fingerprint density at radius 2 is 1.87 bits per heavy atom. The zero-order valence-corrected chi connectivity index (χ0v) is 12.9. The molecule has 7 heteroatoms. The molecule has 6 nitrogen and oxygen atoms in total. The highest BCUT2D eigenvalue weighted by atomic mass is 32.1. The first-order chi connectivity index (χ1) is 11.2. The third-order valence-electron chi connectivity index (χ3n) is 3.10. The molecule has 2 amide bonds. The minimum atomic E-state index is -0.692. The third-order valence-corrected chi connectivity index (χ3v) is 3.98. The van der Waals surface area contributed by atoms with Gasteiger partial charge in [0.1, 0.15) is 17.8 Å². The summed E-state index contributed by atoms with van der Waals surface area (Å²) in [6.45, 7) is 0.485. The normalized spacial score (nSPS) is 10.4. The fourth-order valence-electron chi connectivity index (χ4n) is 1.94. The van der Waals surface area contributed by atoms with E-state index in [1.165, 1.54) is 11.3 Å². The van der Waals surface area contributed by atoms with Crippen LogP contribution < -0.4 is 10.6 Å². The summed E-state index contributed by atoms with van der Waals surface area (Å²) in [6.07, 6.45) is 3.12. The maximum Gasteiger partial charge on any atom is 0.309 e. The number of thiophene rings is 1. The molecule has 3 heterocycles. The Morgan fingerprint density at radius 3 is 2.57 bits per heavy atom. The highest BCUT2D eigenvalue weighted by Crippen LogP contribution is 2.22. The molecule has 0 saturated heterocycles. The van der Waals surface area contributed by atoms with Crippen molar-refractivity contribution in [3.8, 4) is 11.3 Å². The van der Waals surface area contributed by atoms with Crippen LogP contribution >= 0.6 is 11.3 Å². The fourth-order valence-corrected chi connectivity index (χ4v) is 2.59. The van der Waals surface area contributed by atoms with Crippen LogP contribution in [0.4, 0.5) is 0 Å². The van der Waals surface area contributed by atoms with Gasteiger partial charge in [-0.15, -0.1) is 11.3 Å². The van der Waals surface area contributed by atoms with Crippen LogP contribution in [0.2, 0.25) is 0 Å². The second-order valence-corrected chi connectivity index (χ2v) is 5.75. The Hall–Kier alpha value is -2.80. The molecule has 0 bridgehead atoms. The van der Waals surface area contributed by atoms with Crippen LogP contribution in [0.5, 0.6) is 0 Å². The highest BCUT2D eigenvalue weighted by Gasteiger charge is 2.14. The lowest BCUT2D eigenvalue weighted by Crippen LogP contribution is -2.39. The molecule has 0 spiro atoms. The Bertz CT molecular complexity index is 775. The van der Waals surface area contributed by atoms with E-state index < -0.39 is 11.8 Å². The van der Waals surface area contributed by atoms with Gasteiger partial charge in [-0.3, -0.25) is 9.59 Å². The second kappa shape index (κ2) is 6.97. The Kier molecular flexibility index (Phi) is 4.58. The number of furan rings is 2. The zero-order chi connectivity index (χ0) is 16.1. The number of amides is 2. The molecule has 0 unspecified atom stereocenters. The first-order valence-corrected chi connectivity index (χ1v) is 7.80. The van der Waals surface area contributed by atoms with E-state index in [0.717, 1.165) is 10.4 Å². The number of carbonyl (C=O) groups excluding carboxylic acids is 2. The standard InChI is InChI=1S/C16H14N2O4S/c19-15(16(20)18-9-13-2-1-7-23-13)17-8-12-3-4-14(22-12)11-5-6-21-10-11/h1-7,10H,8-9H2,(H,17,19)(H,18,20). The van der Waals surface area contributed by atoms with Crippen LogP contribution in [0.3, 0.4) is 0 Å². The summed E-state index contributed by atoms with van der Waals surface area (Å²) in [5.74, 6) is -0.159. The second-order valence-electron chi connectivity index (χ2n) is 4.72. The summed E-state index contributed by atoms with van der Waals surface area (Å²) in [7, 11) is 0. The van der Waals surface area contributed by atoms with Gasteiger partial charge in [0, 0.05) is 4.88 Å². The molecule has 23 heavy (non-hydrogen) atoms. The van der Waals surface area contributed by atoms with Gasteiger partial charge >= 0.3 is 11.8 Å². The van der Waals surface area contributed by atoms with Crippen molar-refractivity contribution in [1.82, 2.24) is 10.6 Å². The van der Waals surface area contributed by atoms with Crippen molar-refractivity contribution in [2.45, 2.75) is 13.1 Å². The van der Waals surface area contributed by atoms with Crippen molar-refractivity contribution in [3.63, 3.8) is 0 Å². The molecule has 3 aromatic heterocycles. The molecule has 3 aromatic rings. The Labute approximate surface area is 136 Å². The van der Waals surface area contributed by atoms with Gasteiger partial charge in [-0.25, -0.2) is 0 Å². The summed E-state index contributed by atoms with van der Waals surface area (Å²) in [5, 5.41) is 7.00. The number of carbonyl (C=O) groups is 2. The summed E-state index contributed by atoms with van der Waals surface area (Å²) in [4.78, 5) is 24.4. The van der Waals surface area contributed by atoms with Crippen molar-refractivity contribution < 1.29 is 18.4 Å². The van der Waals surface area contributed by atoms with E-state index in [1.807, 2.05) is 17.5 Å². The van der Waals surface area contributed by atoms with E-state index in [9.17, 15) is 9.59 Å². The van der Waals surface area contributed by atoms with Gasteiger partial charge < -0.3 is 19.5 Å². The lowest BCUT2D eigenvalue weighted by molar-refractivity contribution is -0.139. The van der Waals surface area contributed by atoms with Gasteiger partial charge in [-0.2, -0.15) is 0 Å². The van der Waals surface area contributed by atoms with Crippen molar-refractivity contribution >= 4 is 23.2 Å². The monoisotopic (exact) mass is 330 g/mol. The molecule has 2 N–H and O–H groups in total. The van der Waals surface area contributed by atoms with Crippen molar-refractivity contribution in [3.05, 3.63) is 58.9 Å². The number of hydrogen-bond donors (Lipinski definition) is 2. The summed E-state index contributed by atoms with van der Waals surface area (Å²) < 4.78 is 10.6. The lowest BCUT2D eigenvalue weighted by Gasteiger charge is -2.04. The van der Waals surface area contributed by atoms with Crippen molar-refractivity contribution in [1.29, 1.82) is 0 Å². The molecule has 0 aliphatic heterocycles. The molecular weight excluding hydrogens is 316 g/mol. The molecule has 118 valence electrons. The molecule has 0 aromatic carbocycles. The van der Waals surface area contributed by atoms with Crippen LogP contribution in [0, 0.1) is 0 Å². The first kappa shape index (κ1) is 15.1. The SMILES string of the molecule is O=C(NCc1ccc(-c2ccoc2)o1)C(=O)NCc1cccs1. The molecule has 0 fully saturated rings. The van der Waals surface area contributed by atoms with Gasteiger partial charge in [-0.05, 0) is 29.6 Å². The Morgan fingerprint density at radius 1 is 1.04 bits per heavy atom. The number of hydrogen-bond acceptors (Lipinski definition) is 5. The predicted molar refractivity (Wildman–Crippen MR) is 84.4 cm³/mol. The molecule has 0 radical (unpaired) electrons. The van der Waals surface area contributed by atoms with Crippen molar-refractivity contribution in [2.24, 2.45) is 0 Å². The van der Waals surface area contributed by atoms with Crippen LogP contribution in [0.15, 0.2) is 57.1 Å². The smallest absolute Gasteiger partial charge is 0.309 e. The van der Waals surface area contributed by atoms with Gasteiger partial charge in [0.25, 0.3) is 0 Å². The van der Waals surface area contributed by atoms with E-state index in [2.05, 4.69) is 10.6 Å². The van der Waals surface area contributed by atoms with Crippen molar-refractivity contribution in [2.75, 3.05) is 0 Å². The van der Waals surface area contributed by atoms with E-state index >= 15 is 0 Å². The third kappa shape index (κ3) is 3.89. The predicted octanol–water partition coefficient (Wildman–Crippen LogP) is 2.53. The van der Waals surface area contributed by atoms with E-state index in [1.54, 1.807) is 30.7 Å². The van der Waals surface area contributed by atoms with Crippen LogP contribution in [-0.4, -0.2) is 11.8 Å². The number of nitrogens with one attached hydrogen (secondary N) is 2. The first-order valence-electron chi connectivity index (χ1n) is 6.92. The fraction of sp³-hybridized carbons (Fsp3) is 0.125. The maximum absolute atomic E-state index is 11.7. The minimum absolute atomic E-state index is 0.142. The average Bonchev–Trinajstić information content (AvgIpc) is 3.32. The van der Waals surface area contributed by atoms with Gasteiger partial charge in [0.05, 0.1) is 24.9 Å². The summed E-state index contributed by atoms with van der Waals surface area (Å²) >= 11 is 1.52. The molecule has 0 aliphatic carbocycles. The van der Waals surface area contributed by atoms with Crippen LogP contribution in [0.25, 0.3) is 11.3 Å². The van der Waals surface area contributed by atoms with E-state index in [0.29, 0.717) is 18.1 Å². The highest BCUT2D eigenvalue weighted by molar-refractivity contribution is 7.09. The minimum Gasteiger partial charge on any atom is -0.472 e. The largest absolute Gasteiger partial charge is 0.472 e.